The van der Waals surface area contributed by atoms with Gasteiger partial charge in [0.15, 0.2) is 5.96 Å². The minimum absolute atomic E-state index is 0. The Balaban J connectivity index is 0.00000363. The largest absolute Gasteiger partial charge is 0.508 e. The molecule has 0 atom stereocenters. The van der Waals surface area contributed by atoms with Gasteiger partial charge >= 0.3 is 0 Å². The van der Waals surface area contributed by atoms with Crippen molar-refractivity contribution >= 4 is 35.8 Å². The number of aromatic hydroxyl groups is 1. The van der Waals surface area contributed by atoms with Gasteiger partial charge in [0.2, 0.25) is 5.91 Å². The lowest BCUT2D eigenvalue weighted by molar-refractivity contribution is -0.122. The molecule has 0 aromatic heterocycles. The molecule has 0 bridgehead atoms. The van der Waals surface area contributed by atoms with Gasteiger partial charge in [-0.2, -0.15) is 0 Å². The van der Waals surface area contributed by atoms with Crippen molar-refractivity contribution in [1.82, 2.24) is 20.4 Å². The van der Waals surface area contributed by atoms with E-state index in [4.69, 9.17) is 9.73 Å². The molecule has 0 radical (unpaired) electrons. The van der Waals surface area contributed by atoms with Crippen LogP contribution in [0.5, 0.6) is 5.75 Å². The van der Waals surface area contributed by atoms with Gasteiger partial charge in [0, 0.05) is 51.9 Å². The first-order chi connectivity index (χ1) is 15.1. The Morgan fingerprint density at radius 3 is 2.62 bits per heavy atom. The highest BCUT2D eigenvalue weighted by molar-refractivity contribution is 14.0. The first-order valence-electron chi connectivity index (χ1n) is 11.5. The number of phenols is 1. The first kappa shape index (κ1) is 26.7. The van der Waals surface area contributed by atoms with Crippen LogP contribution in [0, 0.1) is 0 Å². The second-order valence-electron chi connectivity index (χ2n) is 8.18. The molecule has 3 rings (SSSR count). The number of rotatable bonds is 8. The number of hydrogen-bond acceptors (Lipinski definition) is 5. The molecule has 8 nitrogen and oxygen atoms in total. The average molecular weight is 559 g/mol. The molecule has 1 aromatic rings. The summed E-state index contributed by atoms with van der Waals surface area (Å²) in [6.45, 7) is 8.09. The maximum Gasteiger partial charge on any atom is 0.234 e. The molecule has 0 spiro atoms. The number of phenolic OH excluding ortho intramolecular Hbond substituents is 1. The van der Waals surface area contributed by atoms with Crippen molar-refractivity contribution < 1.29 is 14.6 Å². The molecule has 1 heterocycles. The number of fused-ring (bicyclic) bond motifs is 1. The summed E-state index contributed by atoms with van der Waals surface area (Å²) >= 11 is 0. The maximum atomic E-state index is 12.0. The summed E-state index contributed by atoms with van der Waals surface area (Å²) < 4.78 is 4.97. The number of nitrogens with one attached hydrogen (secondary N) is 2. The number of aliphatic imine (C=N–C) groups is 1. The lowest BCUT2D eigenvalue weighted by Crippen LogP contribution is -2.54. The van der Waals surface area contributed by atoms with Gasteiger partial charge in [-0.05, 0) is 49.8 Å². The van der Waals surface area contributed by atoms with E-state index in [2.05, 4.69) is 33.4 Å². The number of methoxy groups -OCH3 is 1. The van der Waals surface area contributed by atoms with Gasteiger partial charge in [-0.25, -0.2) is 4.99 Å². The summed E-state index contributed by atoms with van der Waals surface area (Å²) in [5, 5.41) is 16.7. The van der Waals surface area contributed by atoms with E-state index in [1.54, 1.807) is 7.11 Å². The Bertz CT molecular complexity index is 766. The van der Waals surface area contributed by atoms with E-state index in [9.17, 15) is 9.90 Å². The monoisotopic (exact) mass is 559 g/mol. The molecule has 1 amide bonds. The Kier molecular flexibility index (Phi) is 11.5. The number of hydrogen-bond donors (Lipinski definition) is 3. The van der Waals surface area contributed by atoms with E-state index < -0.39 is 0 Å². The molecule has 2 aliphatic rings. The van der Waals surface area contributed by atoms with Crippen LogP contribution in [0.25, 0.3) is 0 Å². The predicted octanol–water partition coefficient (Wildman–Crippen LogP) is 1.73. The quantitative estimate of drug-likeness (QED) is 0.195. The van der Waals surface area contributed by atoms with Gasteiger partial charge < -0.3 is 25.4 Å². The van der Waals surface area contributed by atoms with Crippen molar-refractivity contribution in [3.8, 4) is 5.75 Å². The van der Waals surface area contributed by atoms with Gasteiger partial charge in [0.25, 0.3) is 0 Å². The van der Waals surface area contributed by atoms with Gasteiger partial charge in [-0.1, -0.05) is 6.07 Å². The Morgan fingerprint density at radius 1 is 1.16 bits per heavy atom. The molecule has 1 aromatic carbocycles. The van der Waals surface area contributed by atoms with Crippen LogP contribution in [0.15, 0.2) is 17.1 Å². The van der Waals surface area contributed by atoms with Crippen LogP contribution < -0.4 is 10.6 Å². The Hall–Kier alpha value is -1.59. The molecule has 9 heteroatoms. The lowest BCUT2D eigenvalue weighted by Gasteiger charge is -2.36. The van der Waals surface area contributed by atoms with E-state index in [1.807, 2.05) is 6.07 Å². The number of carbonyl (C=O) groups is 1. The van der Waals surface area contributed by atoms with Crippen LogP contribution in [-0.2, 0) is 28.9 Å². The fraction of sp³-hybridized carbons (Fsp3) is 0.652. The standard InChI is InChI=1S/C23H37N5O3.HI/c1-3-24-23(26-16-20-19-7-5-4-6-18(19)8-9-21(20)29)28-13-11-27(12-14-28)17-22(30)25-10-15-31-2;/h8-9,29H,3-7,10-17H2,1-2H3,(H,24,26)(H,25,30);1H. The minimum atomic E-state index is 0. The lowest BCUT2D eigenvalue weighted by atomic mass is 9.88. The molecule has 1 aliphatic carbocycles. The van der Waals surface area contributed by atoms with E-state index in [-0.39, 0.29) is 29.9 Å². The van der Waals surface area contributed by atoms with Crippen molar-refractivity contribution in [2.75, 3.05) is 59.5 Å². The van der Waals surface area contributed by atoms with Gasteiger partial charge in [0.05, 0.1) is 19.7 Å². The summed E-state index contributed by atoms with van der Waals surface area (Å²) in [7, 11) is 1.63. The van der Waals surface area contributed by atoms with E-state index >= 15 is 0 Å². The molecule has 1 saturated heterocycles. The second-order valence-corrected chi connectivity index (χ2v) is 8.18. The number of benzene rings is 1. The summed E-state index contributed by atoms with van der Waals surface area (Å²) in [5.74, 6) is 1.26. The predicted molar refractivity (Wildman–Crippen MR) is 138 cm³/mol. The topological polar surface area (TPSA) is 89.4 Å². The Labute approximate surface area is 208 Å². The number of carbonyl (C=O) groups excluding carboxylic acids is 1. The zero-order chi connectivity index (χ0) is 22.1. The van der Waals surface area contributed by atoms with Crippen molar-refractivity contribution in [3.63, 3.8) is 0 Å². The van der Waals surface area contributed by atoms with Crippen LogP contribution in [0.2, 0.25) is 0 Å². The number of nitrogens with zero attached hydrogens (tertiary/aromatic N) is 3. The highest BCUT2D eigenvalue weighted by Gasteiger charge is 2.22. The molecular weight excluding hydrogens is 521 g/mol. The normalized spacial score (nSPS) is 16.8. The van der Waals surface area contributed by atoms with E-state index in [0.29, 0.717) is 32.0 Å². The van der Waals surface area contributed by atoms with Crippen LogP contribution in [0.3, 0.4) is 0 Å². The fourth-order valence-electron chi connectivity index (χ4n) is 4.32. The number of guanidine groups is 1. The van der Waals surface area contributed by atoms with Crippen molar-refractivity contribution in [3.05, 3.63) is 28.8 Å². The van der Waals surface area contributed by atoms with Crippen molar-refractivity contribution in [1.29, 1.82) is 0 Å². The third kappa shape index (κ3) is 7.48. The molecule has 0 saturated carbocycles. The number of halogens is 1. The molecule has 0 unspecified atom stereocenters. The van der Waals surface area contributed by atoms with Gasteiger partial charge in [0.1, 0.15) is 5.75 Å². The zero-order valence-corrected chi connectivity index (χ0v) is 21.7. The third-order valence-electron chi connectivity index (χ3n) is 6.02. The smallest absolute Gasteiger partial charge is 0.234 e. The van der Waals surface area contributed by atoms with Crippen molar-refractivity contribution in [2.45, 2.75) is 39.2 Å². The fourth-order valence-corrected chi connectivity index (χ4v) is 4.32. The molecule has 3 N–H and O–H groups in total. The van der Waals surface area contributed by atoms with E-state index in [1.165, 1.54) is 24.0 Å². The van der Waals surface area contributed by atoms with Gasteiger partial charge in [-0.3, -0.25) is 9.69 Å². The number of aryl methyl sites for hydroxylation is 1. The third-order valence-corrected chi connectivity index (χ3v) is 6.02. The van der Waals surface area contributed by atoms with Crippen LogP contribution in [0.1, 0.15) is 36.5 Å². The summed E-state index contributed by atoms with van der Waals surface area (Å²) in [6.07, 6.45) is 4.51. The summed E-state index contributed by atoms with van der Waals surface area (Å²) in [5.41, 5.74) is 3.62. The Morgan fingerprint density at radius 2 is 1.91 bits per heavy atom. The summed E-state index contributed by atoms with van der Waals surface area (Å²) in [6, 6.07) is 3.88. The highest BCUT2D eigenvalue weighted by atomic mass is 127. The van der Waals surface area contributed by atoms with E-state index in [0.717, 1.165) is 57.1 Å². The van der Waals surface area contributed by atoms with Crippen LogP contribution in [0.4, 0.5) is 0 Å². The van der Waals surface area contributed by atoms with Crippen molar-refractivity contribution in [2.24, 2.45) is 4.99 Å². The van der Waals surface area contributed by atoms with Crippen LogP contribution >= 0.6 is 24.0 Å². The molecule has 32 heavy (non-hydrogen) atoms. The minimum Gasteiger partial charge on any atom is -0.508 e. The van der Waals surface area contributed by atoms with Crippen LogP contribution in [-0.4, -0.2) is 86.3 Å². The molecule has 1 aliphatic heterocycles. The van der Waals surface area contributed by atoms with Gasteiger partial charge in [-0.15, -0.1) is 24.0 Å². The number of ether oxygens (including phenoxy) is 1. The number of piperazine rings is 1. The zero-order valence-electron chi connectivity index (χ0n) is 19.4. The summed E-state index contributed by atoms with van der Waals surface area (Å²) in [4.78, 5) is 21.3. The molecular formula is C23H38IN5O3. The first-order valence-corrected chi connectivity index (χ1v) is 11.5. The molecule has 1 fully saturated rings. The highest BCUT2D eigenvalue weighted by Crippen LogP contribution is 2.31. The SMILES string of the molecule is CCNC(=NCc1c(O)ccc2c1CCCC2)N1CCN(CC(=O)NCCOC)CC1.I. The number of amides is 1. The maximum absolute atomic E-state index is 12.0. The second kappa shape index (κ2) is 13.8. The average Bonchev–Trinajstić information content (AvgIpc) is 2.78. The molecule has 180 valence electrons.